The largest absolute Gasteiger partial charge is 0.385 e. The summed E-state index contributed by atoms with van der Waals surface area (Å²) in [5, 5.41) is 9.71. The number of nitrogens with zero attached hydrogens (tertiary/aromatic N) is 3. The highest BCUT2D eigenvalue weighted by atomic mass is 35.5. The second kappa shape index (κ2) is 10.1. The van der Waals surface area contributed by atoms with Crippen molar-refractivity contribution in [3.8, 4) is 11.4 Å². The second-order valence-electron chi connectivity index (χ2n) is 5.33. The molecule has 2 rings (SSSR count). The van der Waals surface area contributed by atoms with Gasteiger partial charge in [-0.2, -0.15) is 0 Å². The van der Waals surface area contributed by atoms with Crippen molar-refractivity contribution < 1.29 is 14.3 Å². The standard InChI is InChI=1S/C16H20ClN5O3S/c1-11(23)18-19-14(24)10-26-16-21-20-15(22(16)8-3-9-25-2)12-4-6-13(17)7-5-12/h4-7H,3,8-10H2,1-2H3,(H,18,23)(H,19,24). The fourth-order valence-electron chi connectivity index (χ4n) is 2.10. The Kier molecular flexibility index (Phi) is 7.89. The third-order valence-electron chi connectivity index (χ3n) is 3.26. The van der Waals surface area contributed by atoms with Gasteiger partial charge in [0.2, 0.25) is 11.8 Å². The van der Waals surface area contributed by atoms with Gasteiger partial charge in [0.25, 0.3) is 0 Å². The number of nitrogens with one attached hydrogen (secondary N) is 2. The zero-order valence-electron chi connectivity index (χ0n) is 14.5. The number of benzene rings is 1. The maximum absolute atomic E-state index is 11.8. The quantitative estimate of drug-likeness (QED) is 0.401. The van der Waals surface area contributed by atoms with E-state index in [1.165, 1.54) is 18.7 Å². The number of aromatic nitrogens is 3. The summed E-state index contributed by atoms with van der Waals surface area (Å²) in [5.74, 6) is 0.131. The molecule has 0 saturated heterocycles. The Hall–Kier alpha value is -2.10. The smallest absolute Gasteiger partial charge is 0.248 e. The fourth-order valence-corrected chi connectivity index (χ4v) is 2.99. The molecule has 0 radical (unpaired) electrons. The molecule has 2 N–H and O–H groups in total. The van der Waals surface area contributed by atoms with Gasteiger partial charge in [0.05, 0.1) is 5.75 Å². The van der Waals surface area contributed by atoms with Gasteiger partial charge < -0.3 is 9.30 Å². The van der Waals surface area contributed by atoms with Crippen molar-refractivity contribution in [3.63, 3.8) is 0 Å². The molecule has 0 unspecified atom stereocenters. The number of carbonyl (C=O) groups is 2. The Balaban J connectivity index is 2.13. The first-order valence-corrected chi connectivity index (χ1v) is 9.24. The van der Waals surface area contributed by atoms with E-state index in [0.29, 0.717) is 29.2 Å². The number of rotatable bonds is 8. The molecule has 1 aromatic heterocycles. The van der Waals surface area contributed by atoms with E-state index >= 15 is 0 Å². The predicted molar refractivity (Wildman–Crippen MR) is 99.6 cm³/mol. The van der Waals surface area contributed by atoms with Gasteiger partial charge in [-0.05, 0) is 30.7 Å². The lowest BCUT2D eigenvalue weighted by atomic mass is 10.2. The van der Waals surface area contributed by atoms with Gasteiger partial charge in [-0.3, -0.25) is 20.4 Å². The molecule has 2 amide bonds. The van der Waals surface area contributed by atoms with Crippen molar-refractivity contribution in [2.24, 2.45) is 0 Å². The van der Waals surface area contributed by atoms with E-state index in [1.54, 1.807) is 19.2 Å². The van der Waals surface area contributed by atoms with E-state index in [4.69, 9.17) is 16.3 Å². The van der Waals surface area contributed by atoms with Crippen molar-refractivity contribution in [3.05, 3.63) is 29.3 Å². The van der Waals surface area contributed by atoms with Crippen LogP contribution in [0.15, 0.2) is 29.4 Å². The summed E-state index contributed by atoms with van der Waals surface area (Å²) in [6.45, 7) is 2.57. The molecule has 0 bridgehead atoms. The Morgan fingerprint density at radius 2 is 1.96 bits per heavy atom. The molecule has 8 nitrogen and oxygen atoms in total. The molecule has 2 aromatic rings. The van der Waals surface area contributed by atoms with Gasteiger partial charge in [-0.15, -0.1) is 10.2 Å². The van der Waals surface area contributed by atoms with Crippen LogP contribution < -0.4 is 10.9 Å². The zero-order valence-corrected chi connectivity index (χ0v) is 16.1. The van der Waals surface area contributed by atoms with E-state index in [1.807, 2.05) is 16.7 Å². The Bertz CT molecular complexity index is 751. The van der Waals surface area contributed by atoms with Gasteiger partial charge in [0.1, 0.15) is 0 Å². The Morgan fingerprint density at radius 1 is 1.23 bits per heavy atom. The van der Waals surface area contributed by atoms with Gasteiger partial charge in [0, 0.05) is 37.8 Å². The minimum Gasteiger partial charge on any atom is -0.385 e. The minimum atomic E-state index is -0.337. The van der Waals surface area contributed by atoms with Crippen LogP contribution in [0.4, 0.5) is 0 Å². The maximum Gasteiger partial charge on any atom is 0.248 e. The first-order valence-electron chi connectivity index (χ1n) is 7.87. The molecular weight excluding hydrogens is 378 g/mol. The Labute approximate surface area is 160 Å². The first-order chi connectivity index (χ1) is 12.5. The summed E-state index contributed by atoms with van der Waals surface area (Å²) >= 11 is 7.19. The lowest BCUT2D eigenvalue weighted by Gasteiger charge is -2.10. The SMILES string of the molecule is COCCCn1c(SCC(=O)NNC(C)=O)nnc1-c1ccc(Cl)cc1. The number of hydrazine groups is 1. The third kappa shape index (κ3) is 6.01. The first kappa shape index (κ1) is 20.2. The number of ether oxygens (including phenoxy) is 1. The number of carbonyl (C=O) groups excluding carboxylic acids is 2. The average molecular weight is 398 g/mol. The molecule has 0 fully saturated rings. The average Bonchev–Trinajstić information content (AvgIpc) is 3.02. The summed E-state index contributed by atoms with van der Waals surface area (Å²) in [5.41, 5.74) is 5.45. The van der Waals surface area contributed by atoms with Crippen LogP contribution in [-0.4, -0.2) is 46.0 Å². The molecule has 0 aliphatic carbocycles. The molecule has 26 heavy (non-hydrogen) atoms. The van der Waals surface area contributed by atoms with Crippen molar-refractivity contribution in [2.45, 2.75) is 25.0 Å². The molecule has 1 heterocycles. The van der Waals surface area contributed by atoms with Crippen LogP contribution in [0.1, 0.15) is 13.3 Å². The molecule has 0 spiro atoms. The molecule has 10 heteroatoms. The fraction of sp³-hybridized carbons (Fsp3) is 0.375. The highest BCUT2D eigenvalue weighted by Crippen LogP contribution is 2.25. The van der Waals surface area contributed by atoms with Crippen LogP contribution in [0.5, 0.6) is 0 Å². The highest BCUT2D eigenvalue weighted by molar-refractivity contribution is 7.99. The van der Waals surface area contributed by atoms with Crippen LogP contribution in [0.2, 0.25) is 5.02 Å². The second-order valence-corrected chi connectivity index (χ2v) is 6.71. The van der Waals surface area contributed by atoms with Crippen molar-refractivity contribution >= 4 is 35.2 Å². The van der Waals surface area contributed by atoms with E-state index in [-0.39, 0.29) is 17.6 Å². The summed E-state index contributed by atoms with van der Waals surface area (Å²) in [7, 11) is 1.65. The Morgan fingerprint density at radius 3 is 2.62 bits per heavy atom. The number of methoxy groups -OCH3 is 1. The van der Waals surface area contributed by atoms with Gasteiger partial charge >= 0.3 is 0 Å². The van der Waals surface area contributed by atoms with Crippen LogP contribution in [0.25, 0.3) is 11.4 Å². The van der Waals surface area contributed by atoms with E-state index in [0.717, 1.165) is 12.0 Å². The molecular formula is C16H20ClN5O3S. The van der Waals surface area contributed by atoms with Crippen LogP contribution in [0.3, 0.4) is 0 Å². The predicted octanol–water partition coefficient (Wildman–Crippen LogP) is 1.89. The molecule has 0 atom stereocenters. The molecule has 140 valence electrons. The molecule has 0 saturated carbocycles. The van der Waals surface area contributed by atoms with Crippen LogP contribution in [-0.2, 0) is 20.9 Å². The number of hydrogen-bond donors (Lipinski definition) is 2. The minimum absolute atomic E-state index is 0.101. The lowest BCUT2D eigenvalue weighted by molar-refractivity contribution is -0.126. The molecule has 0 aliphatic heterocycles. The summed E-state index contributed by atoms with van der Waals surface area (Å²) < 4.78 is 7.05. The number of hydrogen-bond acceptors (Lipinski definition) is 6. The lowest BCUT2D eigenvalue weighted by Crippen LogP contribution is -2.41. The van der Waals surface area contributed by atoms with E-state index < -0.39 is 0 Å². The zero-order chi connectivity index (χ0) is 18.9. The van der Waals surface area contributed by atoms with E-state index in [2.05, 4.69) is 21.0 Å². The van der Waals surface area contributed by atoms with Gasteiger partial charge in [-0.25, -0.2) is 0 Å². The highest BCUT2D eigenvalue weighted by Gasteiger charge is 2.15. The number of amides is 2. The number of halogens is 1. The summed E-state index contributed by atoms with van der Waals surface area (Å²) in [6, 6.07) is 7.33. The van der Waals surface area contributed by atoms with Crippen molar-refractivity contribution in [1.29, 1.82) is 0 Å². The van der Waals surface area contributed by atoms with Crippen LogP contribution >= 0.6 is 23.4 Å². The van der Waals surface area contributed by atoms with Crippen molar-refractivity contribution in [2.75, 3.05) is 19.5 Å². The summed E-state index contributed by atoms with van der Waals surface area (Å²) in [6.07, 6.45) is 0.779. The topological polar surface area (TPSA) is 98.1 Å². The normalized spacial score (nSPS) is 10.6. The maximum atomic E-state index is 11.8. The van der Waals surface area contributed by atoms with Gasteiger partial charge in [-0.1, -0.05) is 23.4 Å². The van der Waals surface area contributed by atoms with Gasteiger partial charge in [0.15, 0.2) is 11.0 Å². The van der Waals surface area contributed by atoms with Crippen LogP contribution in [0, 0.1) is 0 Å². The third-order valence-corrected chi connectivity index (χ3v) is 4.48. The summed E-state index contributed by atoms with van der Waals surface area (Å²) in [4.78, 5) is 22.6. The van der Waals surface area contributed by atoms with E-state index in [9.17, 15) is 9.59 Å². The number of thioether (sulfide) groups is 1. The molecule has 0 aliphatic rings. The van der Waals surface area contributed by atoms with Crippen molar-refractivity contribution in [1.82, 2.24) is 25.6 Å². The monoisotopic (exact) mass is 397 g/mol. The molecule has 1 aromatic carbocycles.